The van der Waals surface area contributed by atoms with E-state index in [4.69, 9.17) is 19.5 Å². The normalized spacial score (nSPS) is 19.3. The lowest BCUT2D eigenvalue weighted by molar-refractivity contribution is 0.182. The molecule has 6 aromatic carbocycles. The van der Waals surface area contributed by atoms with Gasteiger partial charge < -0.3 is 9.47 Å². The van der Waals surface area contributed by atoms with E-state index in [1.807, 2.05) is 0 Å². The summed E-state index contributed by atoms with van der Waals surface area (Å²) in [5.41, 5.74) is 14.6. The zero-order chi connectivity index (χ0) is 36.3. The van der Waals surface area contributed by atoms with Gasteiger partial charge in [0.2, 0.25) is 0 Å². The zero-order valence-corrected chi connectivity index (χ0v) is 31.0. The molecule has 0 saturated heterocycles. The average Bonchev–Trinajstić information content (AvgIpc) is 3.76. The van der Waals surface area contributed by atoms with Crippen LogP contribution in [0, 0.1) is 27.7 Å². The standard InChI is InChI=1S/C49H46N2O2/c1-32-11-19-38(20-12-32)42-9-5-7-36(27-42)29-44-48(40-23-15-34(3)16-24-40)52-46(50-44)31-47-51-45(49(53-47)41-25-17-35(4)18-26-41)30-37-8-6-10-43(28-37)39-21-13-33(2)14-22-39/h5-28,44-45,48-49H,29-31H2,1-4H3/t44-,45-,48?,49?/m1/s1. The maximum Gasteiger partial charge on any atom is 0.193 e. The van der Waals surface area contributed by atoms with Gasteiger partial charge in [0, 0.05) is 0 Å². The number of benzene rings is 6. The molecule has 264 valence electrons. The van der Waals surface area contributed by atoms with Crippen LogP contribution in [0.15, 0.2) is 156 Å². The average molecular weight is 695 g/mol. The number of rotatable bonds is 10. The van der Waals surface area contributed by atoms with E-state index in [9.17, 15) is 0 Å². The van der Waals surface area contributed by atoms with Gasteiger partial charge in [0.15, 0.2) is 11.8 Å². The molecule has 8 rings (SSSR count). The van der Waals surface area contributed by atoms with E-state index in [0.717, 1.165) is 24.0 Å². The van der Waals surface area contributed by atoms with Crippen LogP contribution in [0.5, 0.6) is 0 Å². The Labute approximate surface area is 313 Å². The minimum atomic E-state index is -0.191. The van der Waals surface area contributed by atoms with Crippen molar-refractivity contribution in [2.24, 2.45) is 9.98 Å². The maximum atomic E-state index is 6.73. The molecule has 4 nitrogen and oxygen atoms in total. The Morgan fingerprint density at radius 1 is 0.415 bits per heavy atom. The summed E-state index contributed by atoms with van der Waals surface area (Å²) >= 11 is 0. The summed E-state index contributed by atoms with van der Waals surface area (Å²) in [6.07, 6.45) is 1.57. The number of nitrogens with zero attached hydrogens (tertiary/aromatic N) is 2. The van der Waals surface area contributed by atoms with Gasteiger partial charge in [-0.3, -0.25) is 0 Å². The fourth-order valence-electron chi connectivity index (χ4n) is 7.45. The quantitative estimate of drug-likeness (QED) is 0.143. The van der Waals surface area contributed by atoms with Gasteiger partial charge in [-0.15, -0.1) is 0 Å². The first kappa shape index (κ1) is 34.4. The third-order valence-electron chi connectivity index (χ3n) is 10.5. The Bertz CT molecular complexity index is 2090. The molecule has 0 spiro atoms. The Hall–Kier alpha value is -5.74. The van der Waals surface area contributed by atoms with Crippen molar-refractivity contribution in [3.63, 3.8) is 0 Å². The summed E-state index contributed by atoms with van der Waals surface area (Å²) in [6, 6.07) is 52.2. The van der Waals surface area contributed by atoms with Crippen molar-refractivity contribution >= 4 is 11.8 Å². The molecule has 0 radical (unpaired) electrons. The van der Waals surface area contributed by atoms with Crippen LogP contribution in [0.2, 0.25) is 0 Å². The molecule has 0 saturated carbocycles. The molecule has 2 heterocycles. The van der Waals surface area contributed by atoms with Crippen LogP contribution in [0.1, 0.15) is 63.1 Å². The molecule has 53 heavy (non-hydrogen) atoms. The fourth-order valence-corrected chi connectivity index (χ4v) is 7.45. The van der Waals surface area contributed by atoms with E-state index < -0.39 is 0 Å². The van der Waals surface area contributed by atoms with Crippen LogP contribution in [0.4, 0.5) is 0 Å². The summed E-state index contributed by atoms with van der Waals surface area (Å²) in [5, 5.41) is 0. The first-order valence-corrected chi connectivity index (χ1v) is 18.7. The van der Waals surface area contributed by atoms with E-state index in [-0.39, 0.29) is 24.3 Å². The van der Waals surface area contributed by atoms with E-state index >= 15 is 0 Å². The van der Waals surface area contributed by atoms with Gasteiger partial charge in [-0.1, -0.05) is 168 Å². The summed E-state index contributed by atoms with van der Waals surface area (Å²) in [6.45, 7) is 8.48. The van der Waals surface area contributed by atoms with Gasteiger partial charge in [-0.25, -0.2) is 9.98 Å². The minimum Gasteiger partial charge on any atom is -0.470 e. The maximum absolute atomic E-state index is 6.73. The van der Waals surface area contributed by atoms with E-state index in [0.29, 0.717) is 18.2 Å². The lowest BCUT2D eigenvalue weighted by Crippen LogP contribution is -2.18. The van der Waals surface area contributed by atoms with Crippen molar-refractivity contribution in [2.45, 2.75) is 71.2 Å². The van der Waals surface area contributed by atoms with Crippen molar-refractivity contribution in [2.75, 3.05) is 0 Å². The number of ether oxygens (including phenoxy) is 2. The van der Waals surface area contributed by atoms with Gasteiger partial charge in [-0.05, 0) is 85.0 Å². The molecule has 2 aliphatic rings. The van der Waals surface area contributed by atoms with Crippen molar-refractivity contribution in [3.05, 3.63) is 190 Å². The van der Waals surface area contributed by atoms with Gasteiger partial charge in [0.05, 0.1) is 18.5 Å². The Morgan fingerprint density at radius 3 is 1.15 bits per heavy atom. The topological polar surface area (TPSA) is 43.2 Å². The van der Waals surface area contributed by atoms with E-state index in [2.05, 4.69) is 173 Å². The highest BCUT2D eigenvalue weighted by Crippen LogP contribution is 2.37. The molecule has 6 aromatic rings. The first-order chi connectivity index (χ1) is 25.8. The fraction of sp³-hybridized carbons (Fsp3) is 0.224. The van der Waals surface area contributed by atoms with Crippen LogP contribution in [0.3, 0.4) is 0 Å². The molecule has 0 fully saturated rings. The van der Waals surface area contributed by atoms with Gasteiger partial charge in [0.25, 0.3) is 0 Å². The number of aryl methyl sites for hydroxylation is 4. The van der Waals surface area contributed by atoms with Crippen LogP contribution in [0.25, 0.3) is 22.3 Å². The molecular formula is C49H46N2O2. The molecule has 0 N–H and O–H groups in total. The second kappa shape index (κ2) is 15.1. The van der Waals surface area contributed by atoms with Crippen LogP contribution < -0.4 is 0 Å². The van der Waals surface area contributed by atoms with E-state index in [1.54, 1.807) is 0 Å². The zero-order valence-electron chi connectivity index (χ0n) is 31.0. The van der Waals surface area contributed by atoms with Crippen LogP contribution in [-0.2, 0) is 22.3 Å². The molecule has 4 heteroatoms. The lowest BCUT2D eigenvalue weighted by atomic mass is 9.94. The Kier molecular flexibility index (Phi) is 9.78. The number of aliphatic imine (C=N–C) groups is 2. The Morgan fingerprint density at radius 2 is 0.774 bits per heavy atom. The molecule has 0 aromatic heterocycles. The predicted molar refractivity (Wildman–Crippen MR) is 218 cm³/mol. The van der Waals surface area contributed by atoms with Crippen LogP contribution in [-0.4, -0.2) is 23.9 Å². The highest BCUT2D eigenvalue weighted by molar-refractivity contribution is 5.98. The monoisotopic (exact) mass is 694 g/mol. The second-order valence-corrected chi connectivity index (χ2v) is 14.8. The summed E-state index contributed by atoms with van der Waals surface area (Å²) in [5.74, 6) is 1.36. The lowest BCUT2D eigenvalue weighted by Gasteiger charge is -2.19. The highest BCUT2D eigenvalue weighted by Gasteiger charge is 2.37. The third kappa shape index (κ3) is 8.03. The van der Waals surface area contributed by atoms with E-state index in [1.165, 1.54) is 55.6 Å². The minimum absolute atomic E-state index is 0.0730. The summed E-state index contributed by atoms with van der Waals surface area (Å²) in [4.78, 5) is 10.5. The molecule has 0 amide bonds. The van der Waals surface area contributed by atoms with Crippen molar-refractivity contribution in [1.82, 2.24) is 0 Å². The smallest absolute Gasteiger partial charge is 0.193 e. The second-order valence-electron chi connectivity index (χ2n) is 14.8. The molecule has 2 aliphatic heterocycles. The summed E-state index contributed by atoms with van der Waals surface area (Å²) < 4.78 is 13.5. The third-order valence-corrected chi connectivity index (χ3v) is 10.5. The van der Waals surface area contributed by atoms with Crippen molar-refractivity contribution in [1.29, 1.82) is 0 Å². The summed E-state index contributed by atoms with van der Waals surface area (Å²) in [7, 11) is 0. The number of hydrogen-bond acceptors (Lipinski definition) is 4. The first-order valence-electron chi connectivity index (χ1n) is 18.7. The molecule has 2 unspecified atom stereocenters. The van der Waals surface area contributed by atoms with Crippen molar-refractivity contribution < 1.29 is 9.47 Å². The predicted octanol–water partition coefficient (Wildman–Crippen LogP) is 11.5. The van der Waals surface area contributed by atoms with Gasteiger partial charge in [-0.2, -0.15) is 0 Å². The largest absolute Gasteiger partial charge is 0.470 e. The highest BCUT2D eigenvalue weighted by atomic mass is 16.5. The van der Waals surface area contributed by atoms with Gasteiger partial charge >= 0.3 is 0 Å². The molecular weight excluding hydrogens is 649 g/mol. The molecule has 4 atom stereocenters. The van der Waals surface area contributed by atoms with Gasteiger partial charge in [0.1, 0.15) is 12.2 Å². The molecule has 0 bridgehead atoms. The SMILES string of the molecule is Cc1ccc(-c2cccc(C[C@H]3N=C(CC4=N[C@H](Cc5cccc(-c6ccc(C)cc6)c5)C(c5ccc(C)cc5)O4)OC3c3ccc(C)cc3)c2)cc1. The Balaban J connectivity index is 1.06. The van der Waals surface area contributed by atoms with Crippen LogP contribution >= 0.6 is 0 Å². The molecule has 0 aliphatic carbocycles. The number of hydrogen-bond donors (Lipinski definition) is 0. The van der Waals surface area contributed by atoms with Crippen molar-refractivity contribution in [3.8, 4) is 22.3 Å².